The maximum absolute atomic E-state index is 13.0. The van der Waals surface area contributed by atoms with E-state index >= 15 is 0 Å². The van der Waals surface area contributed by atoms with Crippen molar-refractivity contribution in [2.24, 2.45) is 0 Å². The van der Waals surface area contributed by atoms with Gasteiger partial charge < -0.3 is 10.1 Å². The number of carbonyl (C=O) groups is 2. The summed E-state index contributed by atoms with van der Waals surface area (Å²) in [5.41, 5.74) is 4.19. The number of pyridine rings is 1. The first-order valence-electron chi connectivity index (χ1n) is 11.8. The third-order valence-corrected chi connectivity index (χ3v) is 6.53. The van der Waals surface area contributed by atoms with Gasteiger partial charge in [0.25, 0.3) is 0 Å². The summed E-state index contributed by atoms with van der Waals surface area (Å²) in [6.07, 6.45) is 4.32. The normalized spacial score (nSPS) is 23.5. The first-order valence-corrected chi connectivity index (χ1v) is 11.8. The van der Waals surface area contributed by atoms with Crippen LogP contribution in [0.2, 0.25) is 0 Å². The standard InChI is InChI=1S/C28H29N3O3/c1-17-12-23(13-18(2)34-17)29-16-20-8-11-25-21(14-20)9-10-22(30-25)15-27-28(33)24-6-4-5-7-26(24)31(27)19(3)32/h4-11,14-15,17-18,23,29H,12-13,16H2,1-3H3/b27-15+/t17-,18+,23?. The molecule has 3 atom stereocenters. The molecule has 5 rings (SSSR count). The zero-order chi connectivity index (χ0) is 23.8. The van der Waals surface area contributed by atoms with Gasteiger partial charge in [-0.15, -0.1) is 0 Å². The van der Waals surface area contributed by atoms with Crippen LogP contribution >= 0.6 is 0 Å². The molecule has 3 heterocycles. The highest BCUT2D eigenvalue weighted by atomic mass is 16.5. The zero-order valence-corrected chi connectivity index (χ0v) is 19.7. The van der Waals surface area contributed by atoms with Crippen LogP contribution in [0.5, 0.6) is 0 Å². The van der Waals surface area contributed by atoms with Gasteiger partial charge in [0.15, 0.2) is 0 Å². The Hall–Kier alpha value is -3.35. The van der Waals surface area contributed by atoms with E-state index in [1.165, 1.54) is 17.4 Å². The van der Waals surface area contributed by atoms with Crippen LogP contribution in [0.4, 0.5) is 5.69 Å². The second-order valence-electron chi connectivity index (χ2n) is 9.30. The summed E-state index contributed by atoms with van der Waals surface area (Å²) >= 11 is 0. The number of benzene rings is 2. The van der Waals surface area contributed by atoms with Crippen LogP contribution in [-0.4, -0.2) is 34.9 Å². The number of amides is 1. The Morgan fingerprint density at radius 1 is 1.12 bits per heavy atom. The van der Waals surface area contributed by atoms with Crippen LogP contribution in [-0.2, 0) is 16.1 Å². The molecule has 0 bridgehead atoms. The number of rotatable bonds is 4. The third kappa shape index (κ3) is 4.39. The van der Waals surface area contributed by atoms with Crippen molar-refractivity contribution in [1.29, 1.82) is 0 Å². The summed E-state index contributed by atoms with van der Waals surface area (Å²) < 4.78 is 5.83. The van der Waals surface area contributed by atoms with E-state index in [1.54, 1.807) is 18.2 Å². The van der Waals surface area contributed by atoms with Crippen molar-refractivity contribution in [1.82, 2.24) is 10.3 Å². The second kappa shape index (κ2) is 9.12. The third-order valence-electron chi connectivity index (χ3n) is 6.53. The van der Waals surface area contributed by atoms with Crippen molar-refractivity contribution in [2.45, 2.75) is 58.4 Å². The van der Waals surface area contributed by atoms with E-state index in [9.17, 15) is 9.59 Å². The molecule has 3 aromatic rings. The minimum Gasteiger partial charge on any atom is -0.375 e. The van der Waals surface area contributed by atoms with E-state index in [0.717, 1.165) is 30.3 Å². The van der Waals surface area contributed by atoms with Gasteiger partial charge in [0.05, 0.1) is 34.8 Å². The topological polar surface area (TPSA) is 71.5 Å². The highest BCUT2D eigenvalue weighted by Gasteiger charge is 2.34. The van der Waals surface area contributed by atoms with Crippen molar-refractivity contribution in [2.75, 3.05) is 4.90 Å². The number of ketones is 1. The lowest BCUT2D eigenvalue weighted by atomic mass is 9.99. The van der Waals surface area contributed by atoms with Crippen LogP contribution in [0.1, 0.15) is 55.2 Å². The number of allylic oxidation sites excluding steroid dienone is 1. The molecule has 0 saturated carbocycles. The lowest BCUT2D eigenvalue weighted by Gasteiger charge is -2.32. The Morgan fingerprint density at radius 3 is 2.65 bits per heavy atom. The summed E-state index contributed by atoms with van der Waals surface area (Å²) in [5.74, 6) is -0.360. The Bertz CT molecular complexity index is 1290. The number of nitrogens with zero attached hydrogens (tertiary/aromatic N) is 2. The highest BCUT2D eigenvalue weighted by molar-refractivity contribution is 6.26. The number of aromatic nitrogens is 1. The maximum atomic E-state index is 13.0. The molecule has 1 unspecified atom stereocenters. The predicted octanol–water partition coefficient (Wildman–Crippen LogP) is 4.87. The zero-order valence-electron chi connectivity index (χ0n) is 19.7. The number of fused-ring (bicyclic) bond motifs is 2. The first kappa shape index (κ1) is 22.4. The Labute approximate surface area is 199 Å². The molecule has 2 aromatic carbocycles. The van der Waals surface area contributed by atoms with Crippen molar-refractivity contribution < 1.29 is 14.3 Å². The summed E-state index contributed by atoms with van der Waals surface area (Å²) in [7, 11) is 0. The number of ether oxygens (including phenoxy) is 1. The number of para-hydroxylation sites is 1. The fourth-order valence-corrected chi connectivity index (χ4v) is 5.05. The van der Waals surface area contributed by atoms with Crippen LogP contribution in [0.3, 0.4) is 0 Å². The number of anilines is 1. The smallest absolute Gasteiger partial charge is 0.228 e. The van der Waals surface area contributed by atoms with Gasteiger partial charge >= 0.3 is 0 Å². The molecule has 1 saturated heterocycles. The molecule has 1 fully saturated rings. The van der Waals surface area contributed by atoms with E-state index in [-0.39, 0.29) is 23.9 Å². The van der Waals surface area contributed by atoms with Crippen molar-refractivity contribution in [3.05, 3.63) is 77.1 Å². The van der Waals surface area contributed by atoms with Crippen LogP contribution in [0, 0.1) is 0 Å². The van der Waals surface area contributed by atoms with Gasteiger partial charge in [-0.05, 0) is 68.7 Å². The summed E-state index contributed by atoms with van der Waals surface area (Å²) in [5, 5.41) is 4.71. The Balaban J connectivity index is 1.36. The molecule has 2 aliphatic heterocycles. The van der Waals surface area contributed by atoms with E-state index in [0.29, 0.717) is 28.7 Å². The molecule has 6 heteroatoms. The lowest BCUT2D eigenvalue weighted by molar-refractivity contribution is -0.116. The predicted molar refractivity (Wildman–Crippen MR) is 134 cm³/mol. The van der Waals surface area contributed by atoms with Crippen molar-refractivity contribution >= 4 is 34.4 Å². The molecule has 174 valence electrons. The van der Waals surface area contributed by atoms with Gasteiger partial charge in [0.1, 0.15) is 0 Å². The lowest BCUT2D eigenvalue weighted by Crippen LogP contribution is -2.40. The molecule has 1 amide bonds. The number of carbonyl (C=O) groups excluding carboxylic acids is 2. The molecule has 6 nitrogen and oxygen atoms in total. The molecular weight excluding hydrogens is 426 g/mol. The van der Waals surface area contributed by atoms with E-state index in [1.807, 2.05) is 30.3 Å². The van der Waals surface area contributed by atoms with Gasteiger partial charge in [-0.2, -0.15) is 0 Å². The number of nitrogens with one attached hydrogen (secondary N) is 1. The fraction of sp³-hybridized carbons (Fsp3) is 0.321. The monoisotopic (exact) mass is 455 g/mol. The van der Waals surface area contributed by atoms with Crippen molar-refractivity contribution in [3.63, 3.8) is 0 Å². The van der Waals surface area contributed by atoms with Gasteiger partial charge in [-0.3, -0.25) is 14.5 Å². The molecule has 2 aliphatic rings. The highest BCUT2D eigenvalue weighted by Crippen LogP contribution is 2.35. The quantitative estimate of drug-likeness (QED) is 0.568. The molecule has 0 aliphatic carbocycles. The van der Waals surface area contributed by atoms with Gasteiger partial charge in [0.2, 0.25) is 11.7 Å². The summed E-state index contributed by atoms with van der Waals surface area (Å²) in [4.78, 5) is 31.5. The van der Waals surface area contributed by atoms with E-state index in [2.05, 4.69) is 31.3 Å². The molecular formula is C28H29N3O3. The molecule has 0 radical (unpaired) electrons. The number of Topliss-reactive ketones (excluding diaryl/α,β-unsaturated/α-hetero) is 1. The maximum Gasteiger partial charge on any atom is 0.228 e. The molecule has 1 N–H and O–H groups in total. The largest absolute Gasteiger partial charge is 0.375 e. The minimum absolute atomic E-state index is 0.161. The fourth-order valence-electron chi connectivity index (χ4n) is 5.05. The molecule has 0 spiro atoms. The molecule has 1 aromatic heterocycles. The van der Waals surface area contributed by atoms with Gasteiger partial charge in [-0.1, -0.05) is 24.3 Å². The SMILES string of the molecule is CC(=O)N1/C(=C/c2ccc3cc(CNC4C[C@@H](C)O[C@@H](C)C4)ccc3n2)C(=O)c2ccccc21. The average Bonchev–Trinajstić information content (AvgIpc) is 3.09. The van der Waals surface area contributed by atoms with Gasteiger partial charge in [-0.25, -0.2) is 4.98 Å². The van der Waals surface area contributed by atoms with Gasteiger partial charge in [0, 0.05) is 30.5 Å². The van der Waals surface area contributed by atoms with E-state index in [4.69, 9.17) is 9.72 Å². The van der Waals surface area contributed by atoms with Crippen LogP contribution in [0.25, 0.3) is 17.0 Å². The van der Waals surface area contributed by atoms with Crippen LogP contribution in [0.15, 0.2) is 60.3 Å². The average molecular weight is 456 g/mol. The summed E-state index contributed by atoms with van der Waals surface area (Å²) in [6, 6.07) is 17.8. The Kier molecular flexibility index (Phi) is 6.02. The Morgan fingerprint density at radius 2 is 1.88 bits per heavy atom. The number of hydrogen-bond donors (Lipinski definition) is 1. The van der Waals surface area contributed by atoms with Crippen LogP contribution < -0.4 is 10.2 Å². The number of hydrogen-bond acceptors (Lipinski definition) is 5. The van der Waals surface area contributed by atoms with Crippen molar-refractivity contribution in [3.8, 4) is 0 Å². The summed E-state index contributed by atoms with van der Waals surface area (Å²) in [6.45, 7) is 6.53. The molecule has 34 heavy (non-hydrogen) atoms. The first-order chi connectivity index (χ1) is 16.4. The minimum atomic E-state index is -0.198. The van der Waals surface area contributed by atoms with E-state index < -0.39 is 0 Å². The second-order valence-corrected chi connectivity index (χ2v) is 9.30.